The minimum absolute atomic E-state index is 0.0605. The molecule has 0 atom stereocenters. The first-order chi connectivity index (χ1) is 14.2. The minimum Gasteiger partial charge on any atom is -0.446 e. The summed E-state index contributed by atoms with van der Waals surface area (Å²) in [6, 6.07) is 0. The van der Waals surface area contributed by atoms with Gasteiger partial charge in [-0.25, -0.2) is 4.79 Å². The van der Waals surface area contributed by atoms with Crippen molar-refractivity contribution < 1.29 is 19.0 Å². The quantitative estimate of drug-likeness (QED) is 0.201. The van der Waals surface area contributed by atoms with Crippen molar-refractivity contribution in [2.75, 3.05) is 33.5 Å². The second-order valence-electron chi connectivity index (χ2n) is 8.03. The topological polar surface area (TPSA) is 56.8 Å². The molecule has 0 spiro atoms. The van der Waals surface area contributed by atoms with Gasteiger partial charge in [0.15, 0.2) is 0 Å². The van der Waals surface area contributed by atoms with Crippen molar-refractivity contribution in [3.8, 4) is 0 Å². The van der Waals surface area contributed by atoms with Crippen molar-refractivity contribution in [2.24, 2.45) is 0 Å². The van der Waals surface area contributed by atoms with E-state index < -0.39 is 0 Å². The predicted octanol–water partition coefficient (Wildman–Crippen LogP) is 6.64. The van der Waals surface area contributed by atoms with Crippen LogP contribution in [0.25, 0.3) is 0 Å². The molecular weight excluding hydrogens is 366 g/mol. The Kier molecular flexibility index (Phi) is 22.8. The minimum atomic E-state index is -0.274. The van der Waals surface area contributed by atoms with Gasteiger partial charge in [-0.2, -0.15) is 0 Å². The molecule has 0 bridgehead atoms. The Bertz CT molecular complexity index is 323. The molecule has 0 saturated heterocycles. The summed E-state index contributed by atoms with van der Waals surface area (Å²) >= 11 is 0. The molecule has 0 aromatic carbocycles. The number of amides is 1. The van der Waals surface area contributed by atoms with Crippen LogP contribution >= 0.6 is 0 Å². The monoisotopic (exact) mass is 415 g/mol. The van der Waals surface area contributed by atoms with Crippen LogP contribution in [0.1, 0.15) is 110 Å². The van der Waals surface area contributed by atoms with E-state index in [0.717, 1.165) is 32.1 Å². The van der Waals surface area contributed by atoms with Crippen LogP contribution in [-0.2, 0) is 14.2 Å². The van der Waals surface area contributed by atoms with Crippen molar-refractivity contribution in [3.63, 3.8) is 0 Å². The Morgan fingerprint density at radius 3 is 1.83 bits per heavy atom. The van der Waals surface area contributed by atoms with Gasteiger partial charge in [-0.05, 0) is 32.1 Å². The van der Waals surface area contributed by atoms with Gasteiger partial charge in [0.05, 0.1) is 13.2 Å². The Labute approximate surface area is 180 Å². The van der Waals surface area contributed by atoms with Gasteiger partial charge in [0.25, 0.3) is 0 Å². The smallest absolute Gasteiger partial charge is 0.407 e. The average Bonchev–Trinajstić information content (AvgIpc) is 2.72. The largest absolute Gasteiger partial charge is 0.446 e. The van der Waals surface area contributed by atoms with E-state index in [2.05, 4.69) is 19.2 Å². The van der Waals surface area contributed by atoms with E-state index in [1.54, 1.807) is 7.11 Å². The summed E-state index contributed by atoms with van der Waals surface area (Å²) in [7, 11) is 1.66. The first kappa shape index (κ1) is 28.2. The van der Waals surface area contributed by atoms with Gasteiger partial charge in [-0.15, -0.1) is 0 Å². The summed E-state index contributed by atoms with van der Waals surface area (Å²) in [6.45, 7) is 6.91. The lowest BCUT2D eigenvalue weighted by Crippen LogP contribution is -2.30. The lowest BCUT2D eigenvalue weighted by atomic mass is 10.0. The second kappa shape index (κ2) is 23.5. The van der Waals surface area contributed by atoms with E-state index in [9.17, 15) is 4.79 Å². The highest BCUT2D eigenvalue weighted by Gasteiger charge is 2.14. The maximum atomic E-state index is 12.1. The number of carbonyl (C=O) groups is 1. The van der Waals surface area contributed by atoms with Crippen LogP contribution in [0, 0.1) is 0 Å². The zero-order chi connectivity index (χ0) is 21.4. The van der Waals surface area contributed by atoms with E-state index in [0.29, 0.717) is 26.4 Å². The van der Waals surface area contributed by atoms with Crippen LogP contribution in [0.5, 0.6) is 0 Å². The molecule has 1 amide bonds. The van der Waals surface area contributed by atoms with Crippen LogP contribution in [0.2, 0.25) is 0 Å². The van der Waals surface area contributed by atoms with Gasteiger partial charge in [-0.3, -0.25) is 0 Å². The summed E-state index contributed by atoms with van der Waals surface area (Å²) < 4.78 is 16.1. The number of nitrogens with one attached hydrogen (secondary N) is 1. The Morgan fingerprint density at radius 2 is 1.28 bits per heavy atom. The standard InChI is InChI=1S/C24H49NO4/c1-4-6-8-10-12-14-17-23(18-15-13-11-9-7-5-2)29-24(26)25-19-16-20-28-22-21-27-3/h23H,4-22H2,1-3H3,(H,25,26). The molecule has 174 valence electrons. The lowest BCUT2D eigenvalue weighted by molar-refractivity contribution is 0.0670. The Morgan fingerprint density at radius 1 is 0.724 bits per heavy atom. The third-order valence-corrected chi connectivity index (χ3v) is 5.20. The maximum absolute atomic E-state index is 12.1. The third-order valence-electron chi connectivity index (χ3n) is 5.20. The summed E-state index contributed by atoms with van der Waals surface area (Å²) in [5.74, 6) is 0. The number of alkyl carbamates (subject to hydrolysis) is 1. The van der Waals surface area contributed by atoms with Gasteiger partial charge >= 0.3 is 6.09 Å². The zero-order valence-electron chi connectivity index (χ0n) is 19.6. The van der Waals surface area contributed by atoms with E-state index in [-0.39, 0.29) is 12.2 Å². The van der Waals surface area contributed by atoms with E-state index in [4.69, 9.17) is 14.2 Å². The molecule has 0 aliphatic rings. The Balaban J connectivity index is 3.98. The number of hydrogen-bond acceptors (Lipinski definition) is 4. The number of rotatable bonds is 22. The van der Waals surface area contributed by atoms with Crippen molar-refractivity contribution in [3.05, 3.63) is 0 Å². The van der Waals surface area contributed by atoms with Crippen molar-refractivity contribution in [1.29, 1.82) is 0 Å². The zero-order valence-corrected chi connectivity index (χ0v) is 19.6. The molecular formula is C24H49NO4. The number of methoxy groups -OCH3 is 1. The number of ether oxygens (including phenoxy) is 3. The molecule has 0 fully saturated rings. The van der Waals surface area contributed by atoms with Gasteiger partial charge in [0, 0.05) is 20.3 Å². The van der Waals surface area contributed by atoms with Crippen LogP contribution in [0.4, 0.5) is 4.79 Å². The molecule has 0 aliphatic heterocycles. The van der Waals surface area contributed by atoms with E-state index >= 15 is 0 Å². The van der Waals surface area contributed by atoms with Crippen LogP contribution in [0.3, 0.4) is 0 Å². The molecule has 0 radical (unpaired) electrons. The van der Waals surface area contributed by atoms with Crippen LogP contribution in [0.15, 0.2) is 0 Å². The lowest BCUT2D eigenvalue weighted by Gasteiger charge is -2.18. The maximum Gasteiger partial charge on any atom is 0.407 e. The van der Waals surface area contributed by atoms with Gasteiger partial charge in [0.1, 0.15) is 6.10 Å². The van der Waals surface area contributed by atoms with Crippen LogP contribution < -0.4 is 5.32 Å². The fourth-order valence-electron chi connectivity index (χ4n) is 3.37. The molecule has 0 saturated carbocycles. The summed E-state index contributed by atoms with van der Waals surface area (Å²) in [4.78, 5) is 12.1. The highest BCUT2D eigenvalue weighted by atomic mass is 16.6. The first-order valence-electron chi connectivity index (χ1n) is 12.3. The molecule has 29 heavy (non-hydrogen) atoms. The van der Waals surface area contributed by atoms with Crippen molar-refractivity contribution >= 4 is 6.09 Å². The highest BCUT2D eigenvalue weighted by Crippen LogP contribution is 2.17. The van der Waals surface area contributed by atoms with E-state index in [1.165, 1.54) is 64.2 Å². The number of unbranched alkanes of at least 4 members (excludes halogenated alkanes) is 10. The van der Waals surface area contributed by atoms with Gasteiger partial charge in [0.2, 0.25) is 0 Å². The molecule has 0 rings (SSSR count). The van der Waals surface area contributed by atoms with Gasteiger partial charge < -0.3 is 19.5 Å². The molecule has 0 aliphatic carbocycles. The summed E-state index contributed by atoms with van der Waals surface area (Å²) in [6.07, 6.45) is 17.8. The third kappa shape index (κ3) is 21.7. The normalized spacial score (nSPS) is 11.2. The first-order valence-corrected chi connectivity index (χ1v) is 12.3. The predicted molar refractivity (Wildman–Crippen MR) is 122 cm³/mol. The second-order valence-corrected chi connectivity index (χ2v) is 8.03. The summed E-state index contributed by atoms with van der Waals surface area (Å²) in [5.41, 5.74) is 0. The molecule has 5 heteroatoms. The number of hydrogen-bond donors (Lipinski definition) is 1. The van der Waals surface area contributed by atoms with Crippen molar-refractivity contribution in [2.45, 2.75) is 116 Å². The fraction of sp³-hybridized carbons (Fsp3) is 0.958. The molecule has 0 aromatic rings. The van der Waals surface area contributed by atoms with Gasteiger partial charge in [-0.1, -0.05) is 78.1 Å². The van der Waals surface area contributed by atoms with E-state index in [1.807, 2.05) is 0 Å². The molecule has 5 nitrogen and oxygen atoms in total. The molecule has 0 aromatic heterocycles. The molecule has 1 N–H and O–H groups in total. The fourth-order valence-corrected chi connectivity index (χ4v) is 3.37. The summed E-state index contributed by atoms with van der Waals surface area (Å²) in [5, 5.41) is 2.87. The highest BCUT2D eigenvalue weighted by molar-refractivity contribution is 5.67. The van der Waals surface area contributed by atoms with Crippen molar-refractivity contribution in [1.82, 2.24) is 5.32 Å². The number of carbonyl (C=O) groups excluding carboxylic acids is 1. The molecule has 0 unspecified atom stereocenters. The average molecular weight is 416 g/mol. The molecule has 0 heterocycles. The van der Waals surface area contributed by atoms with Crippen LogP contribution in [-0.4, -0.2) is 45.7 Å². The Hall–Kier alpha value is -0.810. The SMILES string of the molecule is CCCCCCCCC(CCCCCCCC)OC(=O)NCCCOCCOC.